The first-order valence-corrected chi connectivity index (χ1v) is 10.9. The zero-order chi connectivity index (χ0) is 19.1. The van der Waals surface area contributed by atoms with Crippen molar-refractivity contribution in [3.8, 4) is 5.75 Å². The first kappa shape index (κ1) is 19.9. The van der Waals surface area contributed by atoms with Gasteiger partial charge in [-0.1, -0.05) is 30.3 Å². The van der Waals surface area contributed by atoms with E-state index in [1.54, 1.807) is 28.6 Å². The van der Waals surface area contributed by atoms with Gasteiger partial charge >= 0.3 is 0 Å². The van der Waals surface area contributed by atoms with Gasteiger partial charge < -0.3 is 9.47 Å². The summed E-state index contributed by atoms with van der Waals surface area (Å²) in [5, 5.41) is 0. The van der Waals surface area contributed by atoms with Crippen LogP contribution in [0.5, 0.6) is 5.75 Å². The van der Waals surface area contributed by atoms with Gasteiger partial charge in [-0.05, 0) is 55.5 Å². The van der Waals surface area contributed by atoms with Crippen molar-refractivity contribution < 1.29 is 17.9 Å². The summed E-state index contributed by atoms with van der Waals surface area (Å²) >= 11 is 0. The van der Waals surface area contributed by atoms with Crippen LogP contribution in [-0.4, -0.2) is 39.0 Å². The number of piperidine rings is 1. The second-order valence-electron chi connectivity index (χ2n) is 6.75. The number of hydrogen-bond donors (Lipinski definition) is 0. The molecule has 1 heterocycles. The zero-order valence-electron chi connectivity index (χ0n) is 15.7. The van der Waals surface area contributed by atoms with Crippen LogP contribution in [0.1, 0.15) is 25.3 Å². The number of ether oxygens (including phenoxy) is 2. The molecule has 27 heavy (non-hydrogen) atoms. The molecule has 0 aromatic heterocycles. The minimum Gasteiger partial charge on any atom is -0.494 e. The van der Waals surface area contributed by atoms with Crippen LogP contribution in [0.25, 0.3) is 0 Å². The Morgan fingerprint density at radius 1 is 1.00 bits per heavy atom. The lowest BCUT2D eigenvalue weighted by Crippen LogP contribution is -2.39. The van der Waals surface area contributed by atoms with Crippen LogP contribution >= 0.6 is 0 Å². The van der Waals surface area contributed by atoms with Crippen LogP contribution in [0, 0.1) is 5.92 Å². The highest BCUT2D eigenvalue weighted by Gasteiger charge is 2.29. The number of hydrogen-bond acceptors (Lipinski definition) is 4. The lowest BCUT2D eigenvalue weighted by Gasteiger charge is -2.31. The molecular weight excluding hydrogens is 362 g/mol. The summed E-state index contributed by atoms with van der Waals surface area (Å²) in [6.07, 6.45) is 1.65. The molecule has 1 fully saturated rings. The Hall–Kier alpha value is -1.89. The molecule has 0 radical (unpaired) electrons. The molecule has 0 N–H and O–H groups in total. The van der Waals surface area contributed by atoms with E-state index in [0.29, 0.717) is 49.5 Å². The second-order valence-corrected chi connectivity index (χ2v) is 8.69. The molecule has 0 spiro atoms. The molecule has 0 atom stereocenters. The largest absolute Gasteiger partial charge is 0.494 e. The van der Waals surface area contributed by atoms with Crippen LogP contribution in [0.2, 0.25) is 0 Å². The van der Waals surface area contributed by atoms with Crippen molar-refractivity contribution in [3.05, 3.63) is 60.2 Å². The van der Waals surface area contributed by atoms with Crippen LogP contribution < -0.4 is 4.74 Å². The summed E-state index contributed by atoms with van der Waals surface area (Å²) in [6, 6.07) is 16.7. The summed E-state index contributed by atoms with van der Waals surface area (Å²) in [4.78, 5) is 0.324. The Labute approximate surface area is 162 Å². The third-order valence-corrected chi connectivity index (χ3v) is 6.72. The predicted molar refractivity (Wildman–Crippen MR) is 105 cm³/mol. The smallest absolute Gasteiger partial charge is 0.243 e. The molecule has 1 aliphatic rings. The van der Waals surface area contributed by atoms with Gasteiger partial charge in [0.1, 0.15) is 5.75 Å². The Bertz CT molecular complexity index is 798. The molecule has 0 saturated carbocycles. The molecular formula is C21H27NO4S. The van der Waals surface area contributed by atoms with Gasteiger partial charge in [-0.3, -0.25) is 0 Å². The third-order valence-electron chi connectivity index (χ3n) is 4.81. The maximum absolute atomic E-state index is 12.8. The molecule has 0 unspecified atom stereocenters. The van der Waals surface area contributed by atoms with Crippen molar-refractivity contribution in [1.29, 1.82) is 0 Å². The van der Waals surface area contributed by atoms with E-state index in [1.165, 1.54) is 0 Å². The van der Waals surface area contributed by atoms with Gasteiger partial charge in [-0.15, -0.1) is 0 Å². The molecule has 2 aromatic carbocycles. The van der Waals surface area contributed by atoms with Crippen molar-refractivity contribution in [2.75, 3.05) is 26.3 Å². The summed E-state index contributed by atoms with van der Waals surface area (Å²) in [6.45, 7) is 4.81. The van der Waals surface area contributed by atoms with Crippen molar-refractivity contribution >= 4 is 10.0 Å². The minimum absolute atomic E-state index is 0.324. The fourth-order valence-corrected chi connectivity index (χ4v) is 4.73. The van der Waals surface area contributed by atoms with Gasteiger partial charge in [0.25, 0.3) is 0 Å². The molecule has 0 aliphatic carbocycles. The molecule has 0 amide bonds. The maximum atomic E-state index is 12.8. The number of benzene rings is 2. The van der Waals surface area contributed by atoms with Gasteiger partial charge in [0.05, 0.1) is 18.1 Å². The van der Waals surface area contributed by atoms with Crippen molar-refractivity contribution in [3.63, 3.8) is 0 Å². The Morgan fingerprint density at radius 3 is 2.30 bits per heavy atom. The molecule has 1 aliphatic heterocycles. The third kappa shape index (κ3) is 5.31. The fraction of sp³-hybridized carbons (Fsp3) is 0.429. The van der Waals surface area contributed by atoms with E-state index in [4.69, 9.17) is 9.47 Å². The van der Waals surface area contributed by atoms with Gasteiger partial charge in [-0.2, -0.15) is 4.31 Å². The standard InChI is InChI=1S/C21H27NO4S/c1-2-26-20-8-10-21(11-9-20)27(23,24)22-14-12-19(13-15-22)17-25-16-18-6-4-3-5-7-18/h3-11,19H,2,12-17H2,1H3. The summed E-state index contributed by atoms with van der Waals surface area (Å²) in [5.41, 5.74) is 1.16. The highest BCUT2D eigenvalue weighted by molar-refractivity contribution is 7.89. The van der Waals surface area contributed by atoms with Gasteiger partial charge in [0.2, 0.25) is 10.0 Å². The van der Waals surface area contributed by atoms with Gasteiger partial charge in [-0.25, -0.2) is 8.42 Å². The predicted octanol–water partition coefficient (Wildman–Crippen LogP) is 3.70. The summed E-state index contributed by atoms with van der Waals surface area (Å²) in [7, 11) is -3.44. The fourth-order valence-electron chi connectivity index (χ4n) is 3.26. The summed E-state index contributed by atoms with van der Waals surface area (Å²) < 4.78 is 38.4. The van der Waals surface area contributed by atoms with Crippen LogP contribution in [0.4, 0.5) is 0 Å². The maximum Gasteiger partial charge on any atom is 0.243 e. The molecule has 6 heteroatoms. The average molecular weight is 390 g/mol. The Kier molecular flexibility index (Phi) is 6.88. The number of rotatable bonds is 8. The quantitative estimate of drug-likeness (QED) is 0.691. The van der Waals surface area contributed by atoms with E-state index >= 15 is 0 Å². The lowest BCUT2D eigenvalue weighted by atomic mass is 9.99. The van der Waals surface area contributed by atoms with Crippen molar-refractivity contribution in [1.82, 2.24) is 4.31 Å². The zero-order valence-corrected chi connectivity index (χ0v) is 16.5. The highest BCUT2D eigenvalue weighted by atomic mass is 32.2. The van der Waals surface area contributed by atoms with Crippen LogP contribution in [0.3, 0.4) is 0 Å². The Morgan fingerprint density at radius 2 is 1.67 bits per heavy atom. The highest BCUT2D eigenvalue weighted by Crippen LogP contribution is 2.25. The lowest BCUT2D eigenvalue weighted by molar-refractivity contribution is 0.0688. The first-order valence-electron chi connectivity index (χ1n) is 9.44. The van der Waals surface area contributed by atoms with Crippen LogP contribution in [-0.2, 0) is 21.4 Å². The second kappa shape index (κ2) is 9.35. The molecule has 5 nitrogen and oxygen atoms in total. The first-order chi connectivity index (χ1) is 13.1. The van der Waals surface area contributed by atoms with E-state index < -0.39 is 10.0 Å². The van der Waals surface area contributed by atoms with E-state index in [-0.39, 0.29) is 0 Å². The normalized spacial score (nSPS) is 16.3. The SMILES string of the molecule is CCOc1ccc(S(=O)(=O)N2CCC(COCc3ccccc3)CC2)cc1. The van der Waals surface area contributed by atoms with Gasteiger partial charge in [0.15, 0.2) is 0 Å². The van der Waals surface area contributed by atoms with E-state index in [1.807, 2.05) is 37.3 Å². The van der Waals surface area contributed by atoms with Gasteiger partial charge in [0, 0.05) is 19.7 Å². The topological polar surface area (TPSA) is 55.8 Å². The minimum atomic E-state index is -3.44. The van der Waals surface area contributed by atoms with E-state index in [9.17, 15) is 8.42 Å². The number of nitrogens with zero attached hydrogens (tertiary/aromatic N) is 1. The molecule has 2 aromatic rings. The monoisotopic (exact) mass is 389 g/mol. The Balaban J connectivity index is 1.49. The summed E-state index contributed by atoms with van der Waals surface area (Å²) in [5.74, 6) is 1.09. The van der Waals surface area contributed by atoms with Crippen molar-refractivity contribution in [2.24, 2.45) is 5.92 Å². The molecule has 3 rings (SSSR count). The molecule has 1 saturated heterocycles. The number of sulfonamides is 1. The van der Waals surface area contributed by atoms with Crippen molar-refractivity contribution in [2.45, 2.75) is 31.3 Å². The molecule has 146 valence electrons. The average Bonchev–Trinajstić information content (AvgIpc) is 2.70. The van der Waals surface area contributed by atoms with E-state index in [0.717, 1.165) is 18.4 Å². The van der Waals surface area contributed by atoms with Crippen LogP contribution in [0.15, 0.2) is 59.5 Å². The molecule has 0 bridgehead atoms. The van der Waals surface area contributed by atoms with E-state index in [2.05, 4.69) is 0 Å².